The highest BCUT2D eigenvalue weighted by Crippen LogP contribution is 2.44. The Balaban J connectivity index is 1.73. The van der Waals surface area contributed by atoms with Crippen LogP contribution in [0.1, 0.15) is 54.8 Å². The maximum absolute atomic E-state index is 12.9. The van der Waals surface area contributed by atoms with Crippen molar-refractivity contribution in [2.45, 2.75) is 75.9 Å². The largest absolute Gasteiger partial charge is 0.396 e. The van der Waals surface area contributed by atoms with E-state index in [2.05, 4.69) is 18.7 Å². The molecule has 2 aliphatic rings. The number of halogens is 2. The molecular weight excluding hydrogens is 384 g/mol. The number of alkyl halides is 2. The Labute approximate surface area is 170 Å². The Morgan fingerprint density at radius 1 is 1.32 bits per heavy atom. The number of nitrogens with zero attached hydrogens (tertiary/aromatic N) is 1. The molecular formula is C21H33F2NO3S. The molecule has 0 unspecified atom stereocenters. The second kappa shape index (κ2) is 9.04. The summed E-state index contributed by atoms with van der Waals surface area (Å²) < 4.78 is 31.1. The molecule has 0 bridgehead atoms. The number of piperidine rings is 1. The molecule has 3 heterocycles. The van der Waals surface area contributed by atoms with Crippen LogP contribution in [0.25, 0.3) is 0 Å². The van der Waals surface area contributed by atoms with Crippen LogP contribution in [0.5, 0.6) is 0 Å². The van der Waals surface area contributed by atoms with Gasteiger partial charge in [0, 0.05) is 66.8 Å². The molecule has 0 amide bonds. The number of hydrogen-bond acceptors (Lipinski definition) is 5. The zero-order valence-corrected chi connectivity index (χ0v) is 17.7. The van der Waals surface area contributed by atoms with Crippen molar-refractivity contribution in [2.75, 3.05) is 32.9 Å². The molecule has 0 aromatic carbocycles. The third kappa shape index (κ3) is 5.11. The van der Waals surface area contributed by atoms with Crippen LogP contribution in [-0.2, 0) is 23.0 Å². The van der Waals surface area contributed by atoms with Crippen molar-refractivity contribution in [1.82, 2.24) is 4.90 Å². The van der Waals surface area contributed by atoms with Gasteiger partial charge in [-0.2, -0.15) is 0 Å². The molecule has 1 aromatic rings. The summed E-state index contributed by atoms with van der Waals surface area (Å²) in [6.45, 7) is 7.22. The molecule has 1 aromatic heterocycles. The molecule has 2 atom stereocenters. The van der Waals surface area contributed by atoms with Gasteiger partial charge in [0.1, 0.15) is 0 Å². The molecule has 160 valence electrons. The van der Waals surface area contributed by atoms with E-state index in [9.17, 15) is 19.0 Å². The summed E-state index contributed by atoms with van der Waals surface area (Å²) in [4.78, 5) is 4.24. The number of ether oxygens (including phenoxy) is 1. The fraction of sp³-hybridized carbons (Fsp3) is 0.810. The van der Waals surface area contributed by atoms with Crippen LogP contribution in [0.2, 0.25) is 0 Å². The number of hydrogen-bond donors (Lipinski definition) is 2. The van der Waals surface area contributed by atoms with Crippen molar-refractivity contribution in [1.29, 1.82) is 0 Å². The minimum absolute atomic E-state index is 0.0325. The summed E-state index contributed by atoms with van der Waals surface area (Å²) in [7, 11) is 0. The van der Waals surface area contributed by atoms with E-state index >= 15 is 0 Å². The highest BCUT2D eigenvalue weighted by molar-refractivity contribution is 7.12. The van der Waals surface area contributed by atoms with Crippen molar-refractivity contribution in [3.8, 4) is 0 Å². The molecule has 2 fully saturated rings. The lowest BCUT2D eigenvalue weighted by Gasteiger charge is -2.47. The molecule has 0 saturated carbocycles. The van der Waals surface area contributed by atoms with Gasteiger partial charge in [-0.1, -0.05) is 6.92 Å². The van der Waals surface area contributed by atoms with Gasteiger partial charge in [-0.15, -0.1) is 11.3 Å². The normalized spacial score (nSPS) is 28.8. The monoisotopic (exact) mass is 417 g/mol. The molecule has 28 heavy (non-hydrogen) atoms. The number of aliphatic hydroxyl groups is 2. The van der Waals surface area contributed by atoms with Crippen LogP contribution in [0.4, 0.5) is 8.78 Å². The predicted molar refractivity (Wildman–Crippen MR) is 107 cm³/mol. The Morgan fingerprint density at radius 3 is 2.64 bits per heavy atom. The Morgan fingerprint density at radius 2 is 2.04 bits per heavy atom. The smallest absolute Gasteiger partial charge is 0.243 e. The van der Waals surface area contributed by atoms with Crippen LogP contribution in [0.15, 0.2) is 6.07 Å². The predicted octanol–water partition coefficient (Wildman–Crippen LogP) is 3.37. The first-order valence-electron chi connectivity index (χ1n) is 10.3. The van der Waals surface area contributed by atoms with E-state index in [1.54, 1.807) is 0 Å². The number of β-amino-alcohol motifs (C(OH)–C–C–N with tert-alkyl or cyclic N) is 1. The van der Waals surface area contributed by atoms with E-state index in [-0.39, 0.29) is 18.4 Å². The Bertz CT molecular complexity index is 648. The van der Waals surface area contributed by atoms with E-state index in [0.29, 0.717) is 49.9 Å². The average Bonchev–Trinajstić information content (AvgIpc) is 3.01. The standard InChI is InChI=1S/C21H33F2NO3S/c1-15-13-20(2,4-7-24(15)14-21(26)5-9-27-10-6-21)19-16(3-8-25)11-17(28-19)12-18(22)23/h11,15,18,25-26H,3-10,12-14H2,1-2H3/t15-,20-/m0/s1. The zero-order chi connectivity index (χ0) is 20.4. The summed E-state index contributed by atoms with van der Waals surface area (Å²) in [5.41, 5.74) is 0.272. The first-order valence-corrected chi connectivity index (χ1v) is 11.1. The van der Waals surface area contributed by atoms with Gasteiger partial charge in [-0.05, 0) is 44.4 Å². The number of thiophene rings is 1. The first-order chi connectivity index (χ1) is 13.2. The lowest BCUT2D eigenvalue weighted by Crippen LogP contribution is -2.54. The van der Waals surface area contributed by atoms with Crippen molar-refractivity contribution in [2.24, 2.45) is 0 Å². The van der Waals surface area contributed by atoms with Gasteiger partial charge in [0.2, 0.25) is 6.43 Å². The van der Waals surface area contributed by atoms with Gasteiger partial charge < -0.3 is 14.9 Å². The van der Waals surface area contributed by atoms with Gasteiger partial charge >= 0.3 is 0 Å². The summed E-state index contributed by atoms with van der Waals surface area (Å²) in [6.07, 6.45) is 1.16. The van der Waals surface area contributed by atoms with E-state index < -0.39 is 12.0 Å². The van der Waals surface area contributed by atoms with E-state index in [0.717, 1.165) is 29.8 Å². The molecule has 2 N–H and O–H groups in total. The van der Waals surface area contributed by atoms with Crippen LogP contribution in [0, 0.1) is 0 Å². The molecule has 2 saturated heterocycles. The number of rotatable bonds is 7. The molecule has 7 heteroatoms. The van der Waals surface area contributed by atoms with Crippen LogP contribution < -0.4 is 0 Å². The van der Waals surface area contributed by atoms with Crippen molar-refractivity contribution < 1.29 is 23.7 Å². The van der Waals surface area contributed by atoms with Crippen LogP contribution in [0.3, 0.4) is 0 Å². The summed E-state index contributed by atoms with van der Waals surface area (Å²) in [5, 5.41) is 20.3. The van der Waals surface area contributed by atoms with E-state index in [1.165, 1.54) is 11.3 Å². The Hall–Kier alpha value is -0.600. The molecule has 4 nitrogen and oxygen atoms in total. The van der Waals surface area contributed by atoms with Crippen LogP contribution >= 0.6 is 11.3 Å². The highest BCUT2D eigenvalue weighted by Gasteiger charge is 2.41. The summed E-state index contributed by atoms with van der Waals surface area (Å²) in [5.74, 6) is 0. The summed E-state index contributed by atoms with van der Waals surface area (Å²) >= 11 is 1.50. The highest BCUT2D eigenvalue weighted by atomic mass is 32.1. The van der Waals surface area contributed by atoms with E-state index in [1.807, 2.05) is 6.07 Å². The van der Waals surface area contributed by atoms with Crippen molar-refractivity contribution in [3.63, 3.8) is 0 Å². The van der Waals surface area contributed by atoms with Gasteiger partial charge in [-0.3, -0.25) is 4.90 Å². The minimum Gasteiger partial charge on any atom is -0.396 e. The molecule has 3 rings (SSSR count). The van der Waals surface area contributed by atoms with Gasteiger partial charge in [0.05, 0.1) is 5.60 Å². The SMILES string of the molecule is C[C@H]1C[C@@](C)(c2sc(CC(F)F)cc2CCO)CCN1CC1(O)CCOCC1. The number of aliphatic hydroxyl groups excluding tert-OH is 1. The topological polar surface area (TPSA) is 52.9 Å². The zero-order valence-electron chi connectivity index (χ0n) is 16.9. The van der Waals surface area contributed by atoms with E-state index in [4.69, 9.17) is 4.74 Å². The second-order valence-electron chi connectivity index (χ2n) is 8.81. The minimum atomic E-state index is -2.35. The molecule has 0 spiro atoms. The Kier molecular flexibility index (Phi) is 7.14. The fourth-order valence-electron chi connectivity index (χ4n) is 4.78. The average molecular weight is 418 g/mol. The maximum atomic E-state index is 12.9. The third-order valence-electron chi connectivity index (χ3n) is 6.39. The van der Waals surface area contributed by atoms with Crippen molar-refractivity contribution in [3.05, 3.63) is 21.4 Å². The number of likely N-dealkylation sites (tertiary alicyclic amines) is 1. The van der Waals surface area contributed by atoms with Gasteiger partial charge in [0.15, 0.2) is 0 Å². The lowest BCUT2D eigenvalue weighted by molar-refractivity contribution is -0.0900. The molecule has 0 aliphatic carbocycles. The maximum Gasteiger partial charge on any atom is 0.243 e. The fourth-order valence-corrected chi connectivity index (χ4v) is 6.17. The first kappa shape index (κ1) is 22.1. The van der Waals surface area contributed by atoms with Crippen LogP contribution in [-0.4, -0.2) is 66.1 Å². The van der Waals surface area contributed by atoms with Gasteiger partial charge in [-0.25, -0.2) is 8.78 Å². The summed E-state index contributed by atoms with van der Waals surface area (Å²) in [6, 6.07) is 2.17. The third-order valence-corrected chi connectivity index (χ3v) is 7.89. The second-order valence-corrected chi connectivity index (χ2v) is 9.94. The quantitative estimate of drug-likeness (QED) is 0.714. The molecule has 2 aliphatic heterocycles. The lowest BCUT2D eigenvalue weighted by atomic mass is 9.74. The van der Waals surface area contributed by atoms with Crippen molar-refractivity contribution >= 4 is 11.3 Å². The van der Waals surface area contributed by atoms with Gasteiger partial charge in [0.25, 0.3) is 0 Å². The molecule has 0 radical (unpaired) electrons.